The van der Waals surface area contributed by atoms with E-state index in [1.807, 2.05) is 0 Å². The average molecular weight is 615 g/mol. The van der Waals surface area contributed by atoms with E-state index in [2.05, 4.69) is 0 Å². The lowest BCUT2D eigenvalue weighted by Gasteiger charge is -2.50. The minimum atomic E-state index is -2.59. The summed E-state index contributed by atoms with van der Waals surface area (Å²) in [7, 11) is 1.29. The van der Waals surface area contributed by atoms with Gasteiger partial charge in [0, 0.05) is 13.0 Å². The number of phenols is 1. The Kier molecular flexibility index (Phi) is 5.90. The molecular weight excluding hydrogens is 598 g/mol. The summed E-state index contributed by atoms with van der Waals surface area (Å²) < 4.78 is 72.0. The Morgan fingerprint density at radius 3 is 1.98 bits per heavy atom. The highest BCUT2D eigenvalue weighted by atomic mass is 35.5. The summed E-state index contributed by atoms with van der Waals surface area (Å²) >= 11 is 13.9. The Morgan fingerprint density at radius 1 is 0.829 bits per heavy atom. The molecular formula is C27H17Cl2F5N2O5. The van der Waals surface area contributed by atoms with Crippen LogP contribution in [-0.2, 0) is 19.2 Å². The van der Waals surface area contributed by atoms with Gasteiger partial charge in [-0.3, -0.25) is 24.1 Å². The zero-order valence-corrected chi connectivity index (χ0v) is 22.2. The van der Waals surface area contributed by atoms with Gasteiger partial charge in [0.05, 0.1) is 11.8 Å². The molecule has 2 aliphatic heterocycles. The summed E-state index contributed by atoms with van der Waals surface area (Å²) in [6.07, 6.45) is 1.09. The number of aromatic hydroxyl groups is 1. The molecule has 6 atom stereocenters. The van der Waals surface area contributed by atoms with Gasteiger partial charge in [-0.05, 0) is 36.5 Å². The molecule has 0 spiro atoms. The van der Waals surface area contributed by atoms with Gasteiger partial charge in [-0.25, -0.2) is 26.9 Å². The Labute approximate surface area is 238 Å². The molecule has 4 aliphatic rings. The molecule has 6 unspecified atom stereocenters. The molecule has 1 saturated carbocycles. The minimum Gasteiger partial charge on any atom is -0.508 e. The zero-order valence-electron chi connectivity index (χ0n) is 20.7. The first-order chi connectivity index (χ1) is 19.2. The van der Waals surface area contributed by atoms with Crippen LogP contribution in [0, 0.1) is 46.8 Å². The molecule has 2 saturated heterocycles. The third kappa shape index (κ3) is 3.25. The van der Waals surface area contributed by atoms with Crippen LogP contribution in [0.15, 0.2) is 35.9 Å². The molecule has 2 aromatic carbocycles. The smallest absolute Gasteiger partial charge is 0.258 e. The Balaban J connectivity index is 1.61. The molecule has 6 rings (SSSR count). The van der Waals surface area contributed by atoms with Crippen LogP contribution >= 0.6 is 23.2 Å². The summed E-state index contributed by atoms with van der Waals surface area (Å²) in [5.74, 6) is -20.7. The third-order valence-corrected chi connectivity index (χ3v) is 10.1. The molecule has 41 heavy (non-hydrogen) atoms. The molecule has 1 N–H and O–H groups in total. The van der Waals surface area contributed by atoms with E-state index in [9.17, 15) is 46.2 Å². The molecule has 214 valence electrons. The Bertz CT molecular complexity index is 1610. The van der Waals surface area contributed by atoms with Crippen molar-refractivity contribution in [2.45, 2.75) is 28.5 Å². The van der Waals surface area contributed by atoms with Crippen LogP contribution in [0.25, 0.3) is 0 Å². The molecule has 4 amide bonds. The number of imide groups is 2. The van der Waals surface area contributed by atoms with E-state index >= 15 is 0 Å². The molecule has 2 aromatic rings. The van der Waals surface area contributed by atoms with E-state index in [1.165, 1.54) is 31.3 Å². The van der Waals surface area contributed by atoms with Gasteiger partial charge >= 0.3 is 0 Å². The first kappa shape index (κ1) is 27.6. The first-order valence-electron chi connectivity index (χ1n) is 12.3. The standard InChI is InChI=1S/C27H17Cl2F5N2O5/c1-35-22(38)12-7-6-11-13(14(12)23(35)39)8-26(28)24(40)36(21-19(33)17(31)16(30)18(32)20(21)34)25(41)27(26,29)15(11)9-2-4-10(37)5-3-9/h2-6,12-15,37H,7-8H2,1H3. The van der Waals surface area contributed by atoms with Crippen LogP contribution in [-0.4, -0.2) is 50.4 Å². The normalized spacial score (nSPS) is 32.7. The predicted octanol–water partition coefficient (Wildman–Crippen LogP) is 4.28. The summed E-state index contributed by atoms with van der Waals surface area (Å²) in [5.41, 5.74) is -1.31. The maximum absolute atomic E-state index is 14.9. The van der Waals surface area contributed by atoms with Crippen molar-refractivity contribution in [2.24, 2.45) is 17.8 Å². The second-order valence-electron chi connectivity index (χ2n) is 10.5. The Morgan fingerprint density at radius 2 is 1.39 bits per heavy atom. The summed E-state index contributed by atoms with van der Waals surface area (Å²) in [4.78, 5) is 49.4. The second-order valence-corrected chi connectivity index (χ2v) is 11.8. The van der Waals surface area contributed by atoms with Gasteiger partial charge in [-0.15, -0.1) is 23.2 Å². The van der Waals surface area contributed by atoms with Gasteiger partial charge < -0.3 is 5.11 Å². The van der Waals surface area contributed by atoms with Gasteiger partial charge in [-0.1, -0.05) is 23.8 Å². The number of phenolic OH excluding ortho intramolecular Hbond substituents is 1. The third-order valence-electron chi connectivity index (χ3n) is 8.67. The Hall–Kier alpha value is -3.51. The van der Waals surface area contributed by atoms with E-state index in [0.717, 1.165) is 4.90 Å². The number of hydrogen-bond donors (Lipinski definition) is 1. The number of rotatable bonds is 2. The van der Waals surface area contributed by atoms with Crippen LogP contribution < -0.4 is 4.90 Å². The predicted molar refractivity (Wildman–Crippen MR) is 132 cm³/mol. The number of halogens is 7. The fourth-order valence-corrected chi connectivity index (χ4v) is 7.70. The van der Waals surface area contributed by atoms with Crippen molar-refractivity contribution < 1.29 is 46.2 Å². The fourth-order valence-electron chi connectivity index (χ4n) is 6.76. The lowest BCUT2D eigenvalue weighted by atomic mass is 9.56. The number of nitrogens with zero attached hydrogens (tertiary/aromatic N) is 2. The maximum Gasteiger partial charge on any atom is 0.258 e. The number of carbonyl (C=O) groups is 4. The average Bonchev–Trinajstić information content (AvgIpc) is 3.25. The summed E-state index contributed by atoms with van der Waals surface area (Å²) in [6, 6.07) is 5.18. The molecule has 0 bridgehead atoms. The quantitative estimate of drug-likeness (QED) is 0.136. The lowest BCUT2D eigenvalue weighted by molar-refractivity contribution is -0.138. The molecule has 14 heteroatoms. The highest BCUT2D eigenvalue weighted by molar-refractivity contribution is 6.58. The summed E-state index contributed by atoms with van der Waals surface area (Å²) in [5, 5.41) is 9.85. The van der Waals surface area contributed by atoms with E-state index in [1.54, 1.807) is 6.08 Å². The van der Waals surface area contributed by atoms with Crippen molar-refractivity contribution in [1.82, 2.24) is 4.90 Å². The highest BCUT2D eigenvalue weighted by Crippen LogP contribution is 2.66. The van der Waals surface area contributed by atoms with Gasteiger partial charge in [0.2, 0.25) is 17.6 Å². The van der Waals surface area contributed by atoms with Crippen molar-refractivity contribution >= 4 is 52.5 Å². The number of hydrogen-bond acceptors (Lipinski definition) is 5. The van der Waals surface area contributed by atoms with Gasteiger partial charge in [0.1, 0.15) is 11.4 Å². The second kappa shape index (κ2) is 8.75. The van der Waals surface area contributed by atoms with Crippen molar-refractivity contribution in [2.75, 3.05) is 11.9 Å². The maximum atomic E-state index is 14.9. The van der Waals surface area contributed by atoms with Crippen LogP contribution in [0.2, 0.25) is 0 Å². The van der Waals surface area contributed by atoms with Crippen molar-refractivity contribution in [3.63, 3.8) is 0 Å². The number of fused-ring (bicyclic) bond motifs is 4. The van der Waals surface area contributed by atoms with E-state index in [-0.39, 0.29) is 22.6 Å². The number of amides is 4. The summed E-state index contributed by atoms with van der Waals surface area (Å²) in [6.45, 7) is 0. The van der Waals surface area contributed by atoms with Gasteiger partial charge in [0.25, 0.3) is 11.8 Å². The molecule has 2 aliphatic carbocycles. The van der Waals surface area contributed by atoms with Crippen LogP contribution in [0.4, 0.5) is 27.6 Å². The van der Waals surface area contributed by atoms with Crippen molar-refractivity contribution in [3.05, 3.63) is 70.6 Å². The topological polar surface area (TPSA) is 95.0 Å². The van der Waals surface area contributed by atoms with Crippen molar-refractivity contribution in [3.8, 4) is 5.75 Å². The number of alkyl halides is 2. The molecule has 0 aromatic heterocycles. The SMILES string of the molecule is CN1C(=O)C2CC=C3C(CC4(Cl)C(=O)N(c5c(F)c(F)c(F)c(F)c5F)C(=O)C4(Cl)C3c3ccc(O)cc3)C2C1=O. The molecule has 2 heterocycles. The number of anilines is 1. The number of allylic oxidation sites excluding steroid dienone is 2. The lowest BCUT2D eigenvalue weighted by Crippen LogP contribution is -2.60. The van der Waals surface area contributed by atoms with Gasteiger partial charge in [-0.2, -0.15) is 0 Å². The fraction of sp³-hybridized carbons (Fsp3) is 0.333. The van der Waals surface area contributed by atoms with Crippen LogP contribution in [0.5, 0.6) is 5.75 Å². The van der Waals surface area contributed by atoms with Crippen LogP contribution in [0.3, 0.4) is 0 Å². The largest absolute Gasteiger partial charge is 0.508 e. The van der Waals surface area contributed by atoms with Gasteiger partial charge in [0.15, 0.2) is 33.0 Å². The molecule has 7 nitrogen and oxygen atoms in total. The number of likely N-dealkylation sites (tertiary alicyclic amines) is 1. The number of carbonyl (C=O) groups excluding carboxylic acids is 4. The molecule has 3 fully saturated rings. The first-order valence-corrected chi connectivity index (χ1v) is 13.0. The van der Waals surface area contributed by atoms with Crippen LogP contribution in [0.1, 0.15) is 24.3 Å². The van der Waals surface area contributed by atoms with E-state index < -0.39 is 98.2 Å². The van der Waals surface area contributed by atoms with Crippen molar-refractivity contribution in [1.29, 1.82) is 0 Å². The minimum absolute atomic E-state index is 0.0613. The zero-order chi connectivity index (χ0) is 29.9. The number of benzene rings is 2. The van der Waals surface area contributed by atoms with E-state index in [4.69, 9.17) is 23.2 Å². The van der Waals surface area contributed by atoms with E-state index in [0.29, 0.717) is 5.57 Å². The monoisotopic (exact) mass is 614 g/mol. The highest BCUT2D eigenvalue weighted by Gasteiger charge is 2.77. The molecule has 0 radical (unpaired) electrons.